The topological polar surface area (TPSA) is 81.0 Å². The molecule has 5 aromatic carbocycles. The van der Waals surface area contributed by atoms with Crippen molar-refractivity contribution in [2.75, 3.05) is 13.1 Å². The zero-order valence-electron chi connectivity index (χ0n) is 33.5. The summed E-state index contributed by atoms with van der Waals surface area (Å²) < 4.78 is 0. The number of aliphatic hydroxyl groups is 3. The van der Waals surface area contributed by atoms with E-state index in [1.165, 1.54) is 5.57 Å². The van der Waals surface area contributed by atoms with Crippen LogP contribution in [-0.2, 0) is 12.0 Å². The molecule has 2 fully saturated rings. The van der Waals surface area contributed by atoms with Crippen molar-refractivity contribution >= 4 is 5.78 Å². The van der Waals surface area contributed by atoms with E-state index in [0.29, 0.717) is 36.9 Å². The second-order valence-corrected chi connectivity index (χ2v) is 17.3. The number of allylic oxidation sites excluding steroid dienone is 2. The number of fused-ring (bicyclic) bond motifs is 8. The summed E-state index contributed by atoms with van der Waals surface area (Å²) in [6.45, 7) is 5.62. The van der Waals surface area contributed by atoms with Gasteiger partial charge in [0.25, 0.3) is 0 Å². The molecular formula is C52H57NO4. The molecule has 1 aliphatic heterocycles. The fourth-order valence-corrected chi connectivity index (χ4v) is 10.6. The highest BCUT2D eigenvalue weighted by Gasteiger charge is 2.59. The second-order valence-electron chi connectivity index (χ2n) is 17.3. The minimum atomic E-state index is -1.26. The van der Waals surface area contributed by atoms with Crippen LogP contribution in [0.2, 0.25) is 0 Å². The van der Waals surface area contributed by atoms with Gasteiger partial charge < -0.3 is 15.3 Å². The molecule has 3 N–H and O–H groups in total. The maximum absolute atomic E-state index is 14.8. The molecule has 4 aliphatic rings. The van der Waals surface area contributed by atoms with Gasteiger partial charge in [-0.2, -0.15) is 0 Å². The quantitative estimate of drug-likeness (QED) is 0.108. The van der Waals surface area contributed by atoms with Gasteiger partial charge in [-0.3, -0.25) is 9.69 Å². The van der Waals surface area contributed by atoms with E-state index >= 15 is 0 Å². The number of nitrogens with zero attached hydrogens (tertiary/aromatic N) is 1. The first kappa shape index (κ1) is 39.2. The normalized spacial score (nSPS) is 25.8. The van der Waals surface area contributed by atoms with Gasteiger partial charge in [0.15, 0.2) is 5.78 Å². The zero-order valence-corrected chi connectivity index (χ0v) is 33.5. The lowest BCUT2D eigenvalue weighted by Gasteiger charge is -2.48. The fourth-order valence-electron chi connectivity index (χ4n) is 10.6. The summed E-state index contributed by atoms with van der Waals surface area (Å²) in [6, 6.07) is 44.1. The molecule has 57 heavy (non-hydrogen) atoms. The third-order valence-corrected chi connectivity index (χ3v) is 13.9. The SMILES string of the molecule is CC1=CCCC2(C)C(CCC2(O)CN2CCCC2C(O)(c2ccccc2)c2ccccc2)c2ccc(cc2C(=O)c2ccc(-c3ccccc3)cc2)CC(O)CC1. The average Bonchev–Trinajstić information content (AvgIpc) is 3.81. The maximum atomic E-state index is 14.8. The molecule has 9 rings (SSSR count). The van der Waals surface area contributed by atoms with E-state index < -0.39 is 22.7 Å². The Hall–Kier alpha value is -4.65. The molecule has 1 saturated carbocycles. The van der Waals surface area contributed by atoms with E-state index in [0.717, 1.165) is 78.5 Å². The molecule has 294 valence electrons. The number of carbonyl (C=O) groups excluding carboxylic acids is 1. The van der Waals surface area contributed by atoms with Crippen molar-refractivity contribution in [2.24, 2.45) is 5.41 Å². The van der Waals surface area contributed by atoms with Crippen LogP contribution in [0, 0.1) is 5.41 Å². The predicted octanol–water partition coefficient (Wildman–Crippen LogP) is 10.0. The molecule has 5 heteroatoms. The van der Waals surface area contributed by atoms with Crippen LogP contribution in [0.5, 0.6) is 0 Å². The fraction of sp³-hybridized carbons (Fsp3) is 0.365. The van der Waals surface area contributed by atoms with E-state index in [4.69, 9.17) is 0 Å². The van der Waals surface area contributed by atoms with Crippen molar-refractivity contribution in [1.82, 2.24) is 4.90 Å². The minimum absolute atomic E-state index is 0.0306. The number of hydrogen-bond donors (Lipinski definition) is 3. The van der Waals surface area contributed by atoms with Gasteiger partial charge in [-0.25, -0.2) is 0 Å². The smallest absolute Gasteiger partial charge is 0.193 e. The number of benzene rings is 5. The van der Waals surface area contributed by atoms with Gasteiger partial charge in [0.2, 0.25) is 0 Å². The third-order valence-electron chi connectivity index (χ3n) is 13.9. The van der Waals surface area contributed by atoms with E-state index in [2.05, 4.69) is 49.1 Å². The Labute approximate surface area is 338 Å². The Morgan fingerprint density at radius 2 is 1.42 bits per heavy atom. The summed E-state index contributed by atoms with van der Waals surface area (Å²) >= 11 is 0. The highest BCUT2D eigenvalue weighted by molar-refractivity contribution is 6.10. The van der Waals surface area contributed by atoms with Crippen LogP contribution < -0.4 is 0 Å². The zero-order chi connectivity index (χ0) is 39.6. The summed E-state index contributed by atoms with van der Waals surface area (Å²) in [5.74, 6) is -0.110. The summed E-state index contributed by atoms with van der Waals surface area (Å²) in [7, 11) is 0. The molecule has 1 heterocycles. The van der Waals surface area contributed by atoms with Crippen LogP contribution in [-0.4, -0.2) is 56.8 Å². The number of carbonyl (C=O) groups is 1. The van der Waals surface area contributed by atoms with Gasteiger partial charge in [0.05, 0.1) is 11.7 Å². The van der Waals surface area contributed by atoms with Gasteiger partial charge in [-0.05, 0) is 117 Å². The Balaban J connectivity index is 1.18. The Bertz CT molecular complexity index is 2140. The first-order chi connectivity index (χ1) is 27.6. The first-order valence-corrected chi connectivity index (χ1v) is 21.1. The lowest BCUT2D eigenvalue weighted by molar-refractivity contribution is -0.101. The highest BCUT2D eigenvalue weighted by atomic mass is 16.3. The molecule has 2 bridgehead atoms. The highest BCUT2D eigenvalue weighted by Crippen LogP contribution is 2.59. The lowest BCUT2D eigenvalue weighted by Crippen LogP contribution is -2.57. The Kier molecular flexibility index (Phi) is 11.2. The summed E-state index contributed by atoms with van der Waals surface area (Å²) in [5, 5.41) is 37.4. The van der Waals surface area contributed by atoms with Crippen molar-refractivity contribution in [3.05, 3.63) is 178 Å². The van der Waals surface area contributed by atoms with Gasteiger partial charge in [0, 0.05) is 29.1 Å². The number of likely N-dealkylation sites (tertiary alicyclic amines) is 1. The standard InChI is InChI=1S/C52H57NO4/c1-37-14-12-31-50(2)47(30-32-51(50,56)36-53-33-13-21-48(53)52(57,42-17-8-4-9-18-42)43-19-10-5-11-20-43)45-29-23-38(34-44(54)28-22-37)35-46(45)49(55)41-26-24-40(25-27-41)39-15-6-3-7-16-39/h3-11,14-20,23-27,29,35,44,47-48,54,56-57H,12-13,21-22,28,30-34,36H2,1-2H3. The number of ketones is 1. The number of hydrogen-bond acceptors (Lipinski definition) is 5. The van der Waals surface area contributed by atoms with E-state index in [-0.39, 0.29) is 17.7 Å². The van der Waals surface area contributed by atoms with Crippen molar-refractivity contribution in [3.63, 3.8) is 0 Å². The first-order valence-electron chi connectivity index (χ1n) is 21.1. The van der Waals surface area contributed by atoms with Crippen molar-refractivity contribution in [3.8, 4) is 11.1 Å². The van der Waals surface area contributed by atoms with Crippen molar-refractivity contribution < 1.29 is 20.1 Å². The maximum Gasteiger partial charge on any atom is 0.193 e. The van der Waals surface area contributed by atoms with Crippen LogP contribution in [0.4, 0.5) is 0 Å². The summed E-state index contributed by atoms with van der Waals surface area (Å²) in [4.78, 5) is 17.1. The van der Waals surface area contributed by atoms with Crippen LogP contribution in [0.1, 0.15) is 109 Å². The van der Waals surface area contributed by atoms with Crippen LogP contribution in [0.15, 0.2) is 145 Å². The van der Waals surface area contributed by atoms with Gasteiger partial charge in [-0.1, -0.05) is 146 Å². The summed E-state index contributed by atoms with van der Waals surface area (Å²) in [5.41, 5.74) is 5.44. The van der Waals surface area contributed by atoms with E-state index in [1.54, 1.807) is 0 Å². The second kappa shape index (κ2) is 16.3. The predicted molar refractivity (Wildman–Crippen MR) is 229 cm³/mol. The van der Waals surface area contributed by atoms with Crippen LogP contribution in [0.25, 0.3) is 11.1 Å². The molecule has 3 aliphatic carbocycles. The molecule has 0 spiro atoms. The average molecular weight is 760 g/mol. The minimum Gasteiger partial charge on any atom is -0.393 e. The monoisotopic (exact) mass is 759 g/mol. The molecule has 0 amide bonds. The van der Waals surface area contributed by atoms with E-state index in [9.17, 15) is 20.1 Å². The lowest BCUT2D eigenvalue weighted by atomic mass is 9.64. The van der Waals surface area contributed by atoms with Crippen molar-refractivity contribution in [2.45, 2.75) is 101 Å². The molecule has 0 radical (unpaired) electrons. The molecule has 5 atom stereocenters. The molecule has 5 unspecified atom stereocenters. The largest absolute Gasteiger partial charge is 0.393 e. The van der Waals surface area contributed by atoms with Gasteiger partial charge >= 0.3 is 0 Å². The molecular weight excluding hydrogens is 703 g/mol. The van der Waals surface area contributed by atoms with Gasteiger partial charge in [-0.15, -0.1) is 0 Å². The van der Waals surface area contributed by atoms with Crippen molar-refractivity contribution in [1.29, 1.82) is 0 Å². The number of rotatable bonds is 8. The third kappa shape index (κ3) is 7.59. The van der Waals surface area contributed by atoms with Crippen LogP contribution >= 0.6 is 0 Å². The molecule has 0 aromatic heterocycles. The number of β-amino-alcohol motifs (C(OH)–C–C–N with tert-alkyl or cyclic N) is 1. The Morgan fingerprint density at radius 3 is 2.09 bits per heavy atom. The van der Waals surface area contributed by atoms with Crippen LogP contribution in [0.3, 0.4) is 0 Å². The molecule has 5 aromatic rings. The Morgan fingerprint density at radius 1 is 0.789 bits per heavy atom. The molecule has 5 nitrogen and oxygen atoms in total. The van der Waals surface area contributed by atoms with Gasteiger partial charge in [0.1, 0.15) is 5.60 Å². The number of aliphatic hydroxyl groups excluding tert-OH is 1. The van der Waals surface area contributed by atoms with E-state index in [1.807, 2.05) is 109 Å². The molecule has 1 saturated heterocycles. The summed E-state index contributed by atoms with van der Waals surface area (Å²) in [6.07, 6.45) is 8.34.